The minimum absolute atomic E-state index is 0.0296. The van der Waals surface area contributed by atoms with Gasteiger partial charge in [0, 0.05) is 24.6 Å². The topological polar surface area (TPSA) is 42.4 Å². The number of hydrogen-bond acceptors (Lipinski definition) is 5. The molecular weight excluding hydrogens is 452 g/mol. The van der Waals surface area contributed by atoms with Crippen molar-refractivity contribution in [2.24, 2.45) is 28.6 Å². The van der Waals surface area contributed by atoms with Gasteiger partial charge in [-0.2, -0.15) is 0 Å². The number of carbonyl (C=O) groups excluding carboxylic acids is 1. The number of carbonyl (C=O) groups is 1. The molecule has 1 heterocycles. The second-order valence-electron chi connectivity index (χ2n) is 11.8. The molecule has 35 heavy (non-hydrogen) atoms. The molecule has 0 radical (unpaired) electrons. The van der Waals surface area contributed by atoms with Crippen molar-refractivity contribution in [2.75, 3.05) is 11.9 Å². The number of aryl methyl sites for hydroxylation is 1. The molecule has 2 aromatic rings. The molecule has 4 aliphatic rings. The van der Waals surface area contributed by atoms with Crippen LogP contribution in [0.1, 0.15) is 76.3 Å². The van der Waals surface area contributed by atoms with Gasteiger partial charge in [0.15, 0.2) is 5.13 Å². The van der Waals surface area contributed by atoms with Crippen molar-refractivity contribution in [1.82, 2.24) is 4.98 Å². The van der Waals surface area contributed by atoms with E-state index >= 15 is 0 Å². The first-order valence-corrected chi connectivity index (χ1v) is 14.4. The van der Waals surface area contributed by atoms with Crippen LogP contribution in [0.15, 0.2) is 36.4 Å². The van der Waals surface area contributed by atoms with Gasteiger partial charge in [-0.05, 0) is 85.8 Å². The number of allylic oxidation sites excluding steroid dienone is 2. The molecule has 0 N–H and O–H groups in total. The number of aromatic nitrogens is 1. The Hall–Kier alpha value is -2.14. The molecule has 1 aromatic heterocycles. The summed E-state index contributed by atoms with van der Waals surface area (Å²) in [6.07, 6.45) is 11.3. The lowest BCUT2D eigenvalue weighted by Gasteiger charge is -2.56. The fraction of sp³-hybridized carbons (Fsp3) is 0.600. The Morgan fingerprint density at radius 2 is 1.94 bits per heavy atom. The van der Waals surface area contributed by atoms with Gasteiger partial charge in [-0.1, -0.05) is 56.4 Å². The van der Waals surface area contributed by atoms with Crippen LogP contribution in [0.25, 0.3) is 5.57 Å². The summed E-state index contributed by atoms with van der Waals surface area (Å²) in [5, 5.41) is 1.10. The average molecular weight is 491 g/mol. The van der Waals surface area contributed by atoms with E-state index in [1.54, 1.807) is 5.57 Å². The number of thiazole rings is 1. The molecule has 0 unspecified atom stereocenters. The Bertz CT molecular complexity index is 1160. The van der Waals surface area contributed by atoms with Crippen molar-refractivity contribution in [3.05, 3.63) is 47.0 Å². The minimum atomic E-state index is -0.0296. The molecule has 4 nitrogen and oxygen atoms in total. The first-order chi connectivity index (χ1) is 16.8. The van der Waals surface area contributed by atoms with Gasteiger partial charge in [-0.25, -0.2) is 4.98 Å². The summed E-state index contributed by atoms with van der Waals surface area (Å²) in [7, 11) is 2.13. The number of benzene rings is 1. The number of hydrogen-bond donors (Lipinski definition) is 0. The molecule has 5 heteroatoms. The first kappa shape index (κ1) is 23.3. The zero-order valence-corrected chi connectivity index (χ0v) is 22.4. The summed E-state index contributed by atoms with van der Waals surface area (Å²) < 4.78 is 5.99. The molecule has 4 aliphatic carbocycles. The number of fused-ring (bicyclic) bond motifs is 7. The van der Waals surface area contributed by atoms with E-state index in [9.17, 15) is 4.79 Å². The van der Waals surface area contributed by atoms with Crippen LogP contribution >= 0.6 is 11.3 Å². The lowest BCUT2D eigenvalue weighted by atomic mass is 9.48. The van der Waals surface area contributed by atoms with E-state index in [2.05, 4.69) is 62.2 Å². The second kappa shape index (κ2) is 8.47. The third kappa shape index (κ3) is 3.52. The fourth-order valence-corrected chi connectivity index (χ4v) is 9.43. The van der Waals surface area contributed by atoms with Crippen LogP contribution in [0, 0.1) is 28.6 Å². The van der Waals surface area contributed by atoms with Crippen molar-refractivity contribution < 1.29 is 9.53 Å². The van der Waals surface area contributed by atoms with Gasteiger partial charge in [-0.15, -0.1) is 0 Å². The Labute approximate surface area is 213 Å². The van der Waals surface area contributed by atoms with Crippen molar-refractivity contribution >= 4 is 33.7 Å². The average Bonchev–Trinajstić information content (AvgIpc) is 3.45. The van der Waals surface area contributed by atoms with Crippen molar-refractivity contribution in [3.63, 3.8) is 0 Å². The van der Waals surface area contributed by atoms with Crippen LogP contribution in [-0.4, -0.2) is 24.1 Å². The number of esters is 1. The van der Waals surface area contributed by atoms with E-state index in [1.807, 2.05) is 18.3 Å². The van der Waals surface area contributed by atoms with Crippen LogP contribution in [-0.2, 0) is 16.0 Å². The molecule has 2 fully saturated rings. The van der Waals surface area contributed by atoms with E-state index in [1.165, 1.54) is 41.9 Å². The minimum Gasteiger partial charge on any atom is -0.462 e. The summed E-state index contributed by atoms with van der Waals surface area (Å²) in [5.74, 6) is 2.05. The summed E-state index contributed by atoms with van der Waals surface area (Å²) in [6.45, 7) is 6.87. The van der Waals surface area contributed by atoms with E-state index in [4.69, 9.17) is 9.72 Å². The second-order valence-corrected chi connectivity index (χ2v) is 12.7. The van der Waals surface area contributed by atoms with E-state index in [-0.39, 0.29) is 22.9 Å². The van der Waals surface area contributed by atoms with Crippen molar-refractivity contribution in [2.45, 2.75) is 78.2 Å². The third-order valence-corrected chi connectivity index (χ3v) is 11.4. The molecule has 6 atom stereocenters. The van der Waals surface area contributed by atoms with E-state index in [0.29, 0.717) is 24.2 Å². The molecule has 0 bridgehead atoms. The van der Waals surface area contributed by atoms with Crippen molar-refractivity contribution in [3.8, 4) is 0 Å². The summed E-state index contributed by atoms with van der Waals surface area (Å²) in [5.41, 5.74) is 4.42. The number of para-hydroxylation sites is 1. The van der Waals surface area contributed by atoms with Crippen LogP contribution in [0.3, 0.4) is 0 Å². The first-order valence-electron chi connectivity index (χ1n) is 13.5. The monoisotopic (exact) mass is 490 g/mol. The highest BCUT2D eigenvalue weighted by Gasteiger charge is 2.60. The maximum absolute atomic E-state index is 12.1. The number of rotatable bonds is 4. The normalized spacial score (nSPS) is 35.3. The fourth-order valence-electron chi connectivity index (χ4n) is 8.16. The lowest BCUT2D eigenvalue weighted by Crippen LogP contribution is -2.50. The molecule has 2 saturated carbocycles. The Morgan fingerprint density at radius 1 is 1.14 bits per heavy atom. The lowest BCUT2D eigenvalue weighted by molar-refractivity contribution is -0.158. The van der Waals surface area contributed by atoms with Gasteiger partial charge in [0.05, 0.1) is 10.6 Å². The maximum atomic E-state index is 12.1. The third-order valence-electron chi connectivity index (χ3n) is 10.2. The number of ether oxygens (including phenoxy) is 1. The molecule has 0 amide bonds. The zero-order valence-electron chi connectivity index (χ0n) is 21.5. The maximum Gasteiger partial charge on any atom is 0.305 e. The Balaban J connectivity index is 1.30. The van der Waals surface area contributed by atoms with Crippen LogP contribution < -0.4 is 4.90 Å². The Morgan fingerprint density at radius 3 is 2.71 bits per heavy atom. The van der Waals surface area contributed by atoms with Gasteiger partial charge in [0.2, 0.25) is 0 Å². The predicted octanol–water partition coefficient (Wildman–Crippen LogP) is 7.41. The Kier molecular flexibility index (Phi) is 5.63. The summed E-state index contributed by atoms with van der Waals surface area (Å²) in [6, 6.07) is 10.6. The quantitative estimate of drug-likeness (QED) is 0.418. The highest BCUT2D eigenvalue weighted by molar-refractivity contribution is 7.16. The molecular formula is C30H38N2O2S. The molecule has 1 aromatic carbocycles. The number of anilines is 2. The van der Waals surface area contributed by atoms with Crippen LogP contribution in [0.5, 0.6) is 0 Å². The van der Waals surface area contributed by atoms with Crippen LogP contribution in [0.2, 0.25) is 0 Å². The standard InChI is InChI=1S/C30H38N2O2S/c1-5-26(33)34-25-14-13-21-20-11-12-23-27-24(16-18-29(23,2)22(20)15-17-30(21,25)3)31-28(35-27)32(4)19-9-7-6-8-10-19/h6-10,12,20-22,25H,5,11,13-18H2,1-4H3/t20-,21-,22-,25-,29+,30-/m0/s1. The molecule has 0 spiro atoms. The van der Waals surface area contributed by atoms with E-state index in [0.717, 1.165) is 24.4 Å². The molecule has 6 rings (SSSR count). The summed E-state index contributed by atoms with van der Waals surface area (Å²) >= 11 is 1.88. The highest BCUT2D eigenvalue weighted by Crippen LogP contribution is 2.66. The van der Waals surface area contributed by atoms with Gasteiger partial charge in [0.25, 0.3) is 0 Å². The van der Waals surface area contributed by atoms with Crippen molar-refractivity contribution in [1.29, 1.82) is 0 Å². The van der Waals surface area contributed by atoms with Crippen LogP contribution in [0.4, 0.5) is 10.8 Å². The molecule has 0 saturated heterocycles. The van der Waals surface area contributed by atoms with Gasteiger partial charge >= 0.3 is 5.97 Å². The van der Waals surface area contributed by atoms with Gasteiger partial charge in [-0.3, -0.25) is 4.79 Å². The molecule has 0 aliphatic heterocycles. The zero-order chi connectivity index (χ0) is 24.4. The SMILES string of the molecule is CCC(=O)O[C@H]1CC[C@H]2[C@@H]3CC=C4c5sc(N(C)c6ccccc6)nc5CC[C@]4(C)[C@H]3CC[C@]12C. The molecule has 186 valence electrons. The van der Waals surface area contributed by atoms with Gasteiger partial charge in [0.1, 0.15) is 6.10 Å². The predicted molar refractivity (Wildman–Crippen MR) is 143 cm³/mol. The smallest absolute Gasteiger partial charge is 0.305 e. The highest BCUT2D eigenvalue weighted by atomic mass is 32.1. The van der Waals surface area contributed by atoms with E-state index < -0.39 is 0 Å². The largest absolute Gasteiger partial charge is 0.462 e. The van der Waals surface area contributed by atoms with Gasteiger partial charge < -0.3 is 9.64 Å². The summed E-state index contributed by atoms with van der Waals surface area (Å²) in [4.78, 5) is 20.9. The number of nitrogens with zero attached hydrogens (tertiary/aromatic N) is 2.